The highest BCUT2D eigenvalue weighted by Crippen LogP contribution is 2.18. The number of aromatic nitrogens is 2. The lowest BCUT2D eigenvalue weighted by molar-refractivity contribution is 0.0538. The van der Waals surface area contributed by atoms with Crippen molar-refractivity contribution < 1.29 is 9.18 Å². The first-order valence-corrected chi connectivity index (χ1v) is 11.0. The fraction of sp³-hybridized carbons (Fsp3) is 0.320. The maximum Gasteiger partial charge on any atom is 0.329 e. The number of allylic oxidation sites excluding steroid dienone is 1. The van der Waals surface area contributed by atoms with Gasteiger partial charge < -0.3 is 4.90 Å². The van der Waals surface area contributed by atoms with Gasteiger partial charge in [-0.15, -0.1) is 0 Å². The highest BCUT2D eigenvalue weighted by molar-refractivity contribution is 5.94. The van der Waals surface area contributed by atoms with E-state index >= 15 is 0 Å². The van der Waals surface area contributed by atoms with Crippen molar-refractivity contribution in [3.05, 3.63) is 92.4 Å². The molecule has 172 valence electrons. The Morgan fingerprint density at radius 1 is 1.18 bits per heavy atom. The van der Waals surface area contributed by atoms with E-state index in [0.29, 0.717) is 29.6 Å². The van der Waals surface area contributed by atoms with Crippen molar-refractivity contribution in [1.82, 2.24) is 19.4 Å². The van der Waals surface area contributed by atoms with E-state index in [0.717, 1.165) is 13.1 Å². The van der Waals surface area contributed by atoms with Crippen molar-refractivity contribution in [2.75, 3.05) is 26.2 Å². The quantitative estimate of drug-likeness (QED) is 0.606. The summed E-state index contributed by atoms with van der Waals surface area (Å²) >= 11 is 0. The average molecular weight is 451 g/mol. The molecule has 1 aliphatic heterocycles. The summed E-state index contributed by atoms with van der Waals surface area (Å²) in [5.41, 5.74) is 0.0585. The maximum absolute atomic E-state index is 14.7. The number of halogens is 1. The van der Waals surface area contributed by atoms with Gasteiger partial charge in [-0.2, -0.15) is 0 Å². The van der Waals surface area contributed by atoms with E-state index in [9.17, 15) is 18.8 Å². The molecule has 4 rings (SSSR count). The van der Waals surface area contributed by atoms with Gasteiger partial charge in [0.25, 0.3) is 11.5 Å². The molecule has 1 aliphatic rings. The van der Waals surface area contributed by atoms with Crippen molar-refractivity contribution in [3.8, 4) is 0 Å². The molecule has 1 fully saturated rings. The number of hydrogen-bond donors (Lipinski definition) is 1. The van der Waals surface area contributed by atoms with E-state index in [-0.39, 0.29) is 24.1 Å². The third kappa shape index (κ3) is 4.66. The average Bonchev–Trinajstić information content (AvgIpc) is 2.81. The molecule has 0 aliphatic carbocycles. The van der Waals surface area contributed by atoms with Gasteiger partial charge in [-0.25, -0.2) is 9.18 Å². The number of carbonyl (C=O) groups is 1. The third-order valence-corrected chi connectivity index (χ3v) is 6.13. The third-order valence-electron chi connectivity index (χ3n) is 6.13. The number of carbonyl (C=O) groups excluding carboxylic acids is 1. The second kappa shape index (κ2) is 9.54. The molecule has 0 saturated carbocycles. The van der Waals surface area contributed by atoms with Crippen molar-refractivity contribution >= 4 is 16.8 Å². The molecule has 0 radical (unpaired) electrons. The first-order chi connectivity index (χ1) is 15.9. The molecule has 1 atom stereocenters. The number of benzene rings is 2. The predicted molar refractivity (Wildman–Crippen MR) is 126 cm³/mol. The van der Waals surface area contributed by atoms with Gasteiger partial charge in [0.15, 0.2) is 0 Å². The second-order valence-electron chi connectivity index (χ2n) is 8.34. The maximum atomic E-state index is 14.7. The molecule has 2 aromatic carbocycles. The van der Waals surface area contributed by atoms with Gasteiger partial charge >= 0.3 is 5.69 Å². The van der Waals surface area contributed by atoms with Gasteiger partial charge in [0.1, 0.15) is 5.82 Å². The van der Waals surface area contributed by atoms with E-state index in [2.05, 4.69) is 22.9 Å². The molecule has 1 aromatic heterocycles. The Bertz CT molecular complexity index is 1330. The van der Waals surface area contributed by atoms with Crippen LogP contribution in [0.15, 0.2) is 64.2 Å². The summed E-state index contributed by atoms with van der Waals surface area (Å²) in [6.07, 6.45) is 4.08. The zero-order chi connectivity index (χ0) is 23.5. The molecule has 3 aromatic rings. The fourth-order valence-corrected chi connectivity index (χ4v) is 4.28. The Hall–Kier alpha value is -3.52. The van der Waals surface area contributed by atoms with Crippen LogP contribution in [0.4, 0.5) is 4.39 Å². The summed E-state index contributed by atoms with van der Waals surface area (Å²) in [5.74, 6) is -0.947. The van der Waals surface area contributed by atoms with Gasteiger partial charge in [-0.05, 0) is 43.7 Å². The minimum absolute atomic E-state index is 0.0108. The molecule has 33 heavy (non-hydrogen) atoms. The lowest BCUT2D eigenvalue weighted by Crippen LogP contribution is -2.53. The number of nitrogens with one attached hydrogen (secondary N) is 1. The highest BCUT2D eigenvalue weighted by atomic mass is 19.1. The molecule has 1 amide bonds. The summed E-state index contributed by atoms with van der Waals surface area (Å²) in [6.45, 7) is 6.72. The monoisotopic (exact) mass is 450 g/mol. The number of rotatable bonds is 5. The molecule has 0 bridgehead atoms. The van der Waals surface area contributed by atoms with Gasteiger partial charge in [0.05, 0.1) is 23.0 Å². The molecule has 1 saturated heterocycles. The number of hydrogen-bond acceptors (Lipinski definition) is 4. The lowest BCUT2D eigenvalue weighted by Gasteiger charge is -2.39. The van der Waals surface area contributed by atoms with E-state index < -0.39 is 17.1 Å². The molecule has 7 nitrogen and oxygen atoms in total. The Morgan fingerprint density at radius 3 is 2.73 bits per heavy atom. The Kier molecular flexibility index (Phi) is 6.55. The fourth-order valence-electron chi connectivity index (χ4n) is 4.28. The van der Waals surface area contributed by atoms with Crippen LogP contribution >= 0.6 is 0 Å². The summed E-state index contributed by atoms with van der Waals surface area (Å²) in [6, 6.07) is 11.3. The summed E-state index contributed by atoms with van der Waals surface area (Å²) in [7, 11) is 0. The number of para-hydroxylation sites is 1. The number of piperazine rings is 1. The molecule has 8 heteroatoms. The van der Waals surface area contributed by atoms with E-state index in [1.165, 1.54) is 16.7 Å². The van der Waals surface area contributed by atoms with Crippen LogP contribution in [-0.2, 0) is 6.54 Å². The number of aromatic amines is 1. The van der Waals surface area contributed by atoms with Gasteiger partial charge in [-0.3, -0.25) is 24.0 Å². The normalized spacial score (nSPS) is 17.2. The molecule has 0 spiro atoms. The summed E-state index contributed by atoms with van der Waals surface area (Å²) in [4.78, 5) is 44.0. The number of nitrogens with zero attached hydrogens (tertiary/aromatic N) is 3. The van der Waals surface area contributed by atoms with Gasteiger partial charge in [-0.1, -0.05) is 30.4 Å². The first-order valence-electron chi connectivity index (χ1n) is 11.0. The Morgan fingerprint density at radius 2 is 1.97 bits per heavy atom. The van der Waals surface area contributed by atoms with Crippen LogP contribution in [0.3, 0.4) is 0 Å². The Labute approximate surface area is 190 Å². The lowest BCUT2D eigenvalue weighted by atomic mass is 10.1. The smallest absolute Gasteiger partial charge is 0.329 e. The van der Waals surface area contributed by atoms with Crippen LogP contribution in [0.1, 0.15) is 29.8 Å². The predicted octanol–water partition coefficient (Wildman–Crippen LogP) is 2.60. The van der Waals surface area contributed by atoms with E-state index in [1.54, 1.807) is 35.2 Å². The minimum atomic E-state index is -0.591. The van der Waals surface area contributed by atoms with Gasteiger partial charge in [0, 0.05) is 32.2 Å². The number of fused-ring (bicyclic) bond motifs is 1. The van der Waals surface area contributed by atoms with Crippen LogP contribution in [0.2, 0.25) is 0 Å². The topological polar surface area (TPSA) is 78.4 Å². The highest BCUT2D eigenvalue weighted by Gasteiger charge is 2.28. The number of amides is 1. The Balaban J connectivity index is 1.60. The van der Waals surface area contributed by atoms with Crippen LogP contribution in [0.5, 0.6) is 0 Å². The van der Waals surface area contributed by atoms with Crippen molar-refractivity contribution in [2.24, 2.45) is 0 Å². The van der Waals surface area contributed by atoms with E-state index in [1.807, 2.05) is 13.0 Å². The van der Waals surface area contributed by atoms with Crippen LogP contribution in [0.25, 0.3) is 10.9 Å². The van der Waals surface area contributed by atoms with Crippen LogP contribution in [-0.4, -0.2) is 57.5 Å². The molecule has 1 N–H and O–H groups in total. The largest absolute Gasteiger partial charge is 0.336 e. The van der Waals surface area contributed by atoms with E-state index in [4.69, 9.17) is 0 Å². The van der Waals surface area contributed by atoms with Crippen LogP contribution < -0.4 is 11.2 Å². The summed E-state index contributed by atoms with van der Waals surface area (Å²) in [5, 5.41) is 0.389. The SMILES string of the molecule is CC=CCN1CCN(C(=O)c2cc(Cn3c(=O)[nH]c(=O)c4ccccc43)ccc2F)CC1C. The van der Waals surface area contributed by atoms with Gasteiger partial charge in [0.2, 0.25) is 0 Å². The molecular weight excluding hydrogens is 423 g/mol. The van der Waals surface area contributed by atoms with Crippen molar-refractivity contribution in [3.63, 3.8) is 0 Å². The molecule has 2 heterocycles. The van der Waals surface area contributed by atoms with Crippen molar-refractivity contribution in [2.45, 2.75) is 26.4 Å². The van der Waals surface area contributed by atoms with Crippen LogP contribution in [0, 0.1) is 5.82 Å². The standard InChI is InChI=1S/C25H27FN4O3/c1-3-4-11-28-12-13-29(15-17(28)2)24(32)20-14-18(9-10-21(20)26)16-30-22-8-6-5-7-19(22)23(31)27-25(30)33/h3-10,14,17H,11-13,15-16H2,1-2H3,(H,27,31,33). The molecular formula is C25H27FN4O3. The number of H-pyrrole nitrogens is 1. The zero-order valence-corrected chi connectivity index (χ0v) is 18.8. The first kappa shape index (κ1) is 22.7. The summed E-state index contributed by atoms with van der Waals surface area (Å²) < 4.78 is 16.1. The molecule has 1 unspecified atom stereocenters. The zero-order valence-electron chi connectivity index (χ0n) is 18.8. The van der Waals surface area contributed by atoms with Crippen molar-refractivity contribution in [1.29, 1.82) is 0 Å². The second-order valence-corrected chi connectivity index (χ2v) is 8.34. The minimum Gasteiger partial charge on any atom is -0.336 e.